The van der Waals surface area contributed by atoms with Crippen molar-refractivity contribution in [2.75, 3.05) is 10.7 Å². The molecule has 8 heteroatoms. The number of hydrogen-bond acceptors (Lipinski definition) is 5. The highest BCUT2D eigenvalue weighted by atomic mass is 32.2. The van der Waals surface area contributed by atoms with Crippen LogP contribution in [0.15, 0.2) is 78.0 Å². The summed E-state index contributed by atoms with van der Waals surface area (Å²) in [4.78, 5) is 13.4. The monoisotopic (exact) mass is 459 g/mol. The van der Waals surface area contributed by atoms with Crippen LogP contribution in [-0.2, 0) is 4.79 Å². The van der Waals surface area contributed by atoms with Crippen molar-refractivity contribution >= 4 is 23.4 Å². The number of carbonyl (C=O) groups excluding carboxylic acids is 1. The lowest BCUT2D eigenvalue weighted by Gasteiger charge is -2.33. The Labute approximate surface area is 195 Å². The van der Waals surface area contributed by atoms with Crippen molar-refractivity contribution in [3.05, 3.63) is 95.3 Å². The molecule has 6 nitrogen and oxygen atoms in total. The lowest BCUT2D eigenvalue weighted by atomic mass is 10.0. The van der Waals surface area contributed by atoms with Gasteiger partial charge in [-0.05, 0) is 54.8 Å². The third-order valence-electron chi connectivity index (χ3n) is 5.73. The number of hydrogen-bond donors (Lipinski definition) is 2. The second-order valence-electron chi connectivity index (χ2n) is 7.99. The molecule has 2 N–H and O–H groups in total. The number of fused-ring (bicyclic) bond motifs is 1. The summed E-state index contributed by atoms with van der Waals surface area (Å²) in [5.41, 5.74) is 8.10. The Morgan fingerprint density at radius 3 is 2.48 bits per heavy atom. The van der Waals surface area contributed by atoms with Gasteiger partial charge in [0.1, 0.15) is 11.1 Å². The van der Waals surface area contributed by atoms with Gasteiger partial charge >= 0.3 is 0 Å². The fourth-order valence-electron chi connectivity index (χ4n) is 3.78. The zero-order valence-corrected chi connectivity index (χ0v) is 18.9. The van der Waals surface area contributed by atoms with Crippen LogP contribution in [0.5, 0.6) is 0 Å². The van der Waals surface area contributed by atoms with Gasteiger partial charge in [0.2, 0.25) is 11.1 Å². The summed E-state index contributed by atoms with van der Waals surface area (Å²) in [7, 11) is 0. The molecule has 0 saturated carbocycles. The molecule has 0 bridgehead atoms. The van der Waals surface area contributed by atoms with Crippen LogP contribution in [0, 0.1) is 19.7 Å². The van der Waals surface area contributed by atoms with Gasteiger partial charge in [0.25, 0.3) is 0 Å². The number of carbonyl (C=O) groups is 1. The first kappa shape index (κ1) is 21.2. The van der Waals surface area contributed by atoms with Crippen LogP contribution in [0.1, 0.15) is 22.7 Å². The highest BCUT2D eigenvalue weighted by molar-refractivity contribution is 8.00. The molecule has 33 heavy (non-hydrogen) atoms. The Bertz CT molecular complexity index is 1310. The van der Waals surface area contributed by atoms with E-state index in [9.17, 15) is 9.18 Å². The van der Waals surface area contributed by atoms with Crippen molar-refractivity contribution in [1.82, 2.24) is 14.9 Å². The minimum absolute atomic E-state index is 0.166. The summed E-state index contributed by atoms with van der Waals surface area (Å²) in [5.74, 6) is 0.159. The molecule has 1 aromatic heterocycles. The van der Waals surface area contributed by atoms with Gasteiger partial charge in [0.05, 0.1) is 6.04 Å². The molecule has 4 aromatic rings. The second-order valence-corrected chi connectivity index (χ2v) is 9.10. The quantitative estimate of drug-likeness (QED) is 0.444. The standard InChI is InChI=1S/C25H22FN5OS/c1-15-8-13-20(14-16(15)2)27-24(32)22-21(17-9-11-19(26)12-10-17)30-31-23(28-29-25(31)33-22)18-6-4-3-5-7-18/h3-14,21-22,30H,1-2H3,(H,27,32). The van der Waals surface area contributed by atoms with Crippen LogP contribution >= 0.6 is 11.8 Å². The largest absolute Gasteiger partial charge is 0.325 e. The molecule has 0 aliphatic carbocycles. The number of amides is 1. The van der Waals surface area contributed by atoms with Gasteiger partial charge in [-0.2, -0.15) is 0 Å². The molecule has 2 unspecified atom stereocenters. The third-order valence-corrected chi connectivity index (χ3v) is 6.95. The SMILES string of the molecule is Cc1ccc(NC(=O)C2Sc3nnc(-c4ccccc4)n3NC2c2ccc(F)cc2)cc1C. The highest BCUT2D eigenvalue weighted by Crippen LogP contribution is 2.39. The molecule has 3 aromatic carbocycles. The van der Waals surface area contributed by atoms with E-state index in [2.05, 4.69) is 20.9 Å². The van der Waals surface area contributed by atoms with E-state index in [-0.39, 0.29) is 11.7 Å². The Morgan fingerprint density at radius 2 is 1.76 bits per heavy atom. The number of halogens is 1. The maximum Gasteiger partial charge on any atom is 0.240 e. The Hall–Kier alpha value is -3.65. The van der Waals surface area contributed by atoms with Crippen molar-refractivity contribution in [2.45, 2.75) is 30.3 Å². The van der Waals surface area contributed by atoms with E-state index in [1.54, 1.807) is 16.8 Å². The van der Waals surface area contributed by atoms with Crippen LogP contribution in [0.25, 0.3) is 11.4 Å². The van der Waals surface area contributed by atoms with Crippen molar-refractivity contribution in [3.8, 4) is 11.4 Å². The number of nitrogens with zero attached hydrogens (tertiary/aromatic N) is 3. The number of anilines is 1. The molecule has 1 amide bonds. The first-order valence-electron chi connectivity index (χ1n) is 10.6. The normalized spacial score (nSPS) is 17.2. The van der Waals surface area contributed by atoms with Crippen LogP contribution in [0.2, 0.25) is 0 Å². The van der Waals surface area contributed by atoms with Gasteiger partial charge in [0, 0.05) is 11.3 Å². The Morgan fingerprint density at radius 1 is 1.00 bits per heavy atom. The fourth-order valence-corrected chi connectivity index (χ4v) is 4.86. The molecular formula is C25H22FN5OS. The number of rotatable bonds is 4. The highest BCUT2D eigenvalue weighted by Gasteiger charge is 2.38. The first-order valence-corrected chi connectivity index (χ1v) is 11.5. The van der Waals surface area contributed by atoms with E-state index < -0.39 is 11.3 Å². The van der Waals surface area contributed by atoms with Crippen molar-refractivity contribution in [3.63, 3.8) is 0 Å². The molecule has 0 spiro atoms. The Balaban J connectivity index is 1.50. The predicted molar refractivity (Wildman–Crippen MR) is 128 cm³/mol. The minimum Gasteiger partial charge on any atom is -0.325 e. The maximum absolute atomic E-state index is 13.6. The van der Waals surface area contributed by atoms with Crippen LogP contribution in [0.3, 0.4) is 0 Å². The van der Waals surface area contributed by atoms with Gasteiger partial charge in [0.15, 0.2) is 5.82 Å². The third kappa shape index (κ3) is 4.21. The molecule has 2 heterocycles. The van der Waals surface area contributed by atoms with E-state index >= 15 is 0 Å². The van der Waals surface area contributed by atoms with Crippen LogP contribution < -0.4 is 10.7 Å². The van der Waals surface area contributed by atoms with Crippen molar-refractivity contribution < 1.29 is 9.18 Å². The van der Waals surface area contributed by atoms with Crippen LogP contribution in [0.4, 0.5) is 10.1 Å². The van der Waals surface area contributed by atoms with Crippen LogP contribution in [-0.4, -0.2) is 26.0 Å². The van der Waals surface area contributed by atoms with Gasteiger partial charge in [-0.25, -0.2) is 9.07 Å². The average Bonchev–Trinajstić information content (AvgIpc) is 3.25. The van der Waals surface area contributed by atoms with Gasteiger partial charge < -0.3 is 10.7 Å². The molecule has 0 radical (unpaired) electrons. The minimum atomic E-state index is -0.544. The molecule has 0 saturated heterocycles. The summed E-state index contributed by atoms with van der Waals surface area (Å²) < 4.78 is 15.4. The van der Waals surface area contributed by atoms with E-state index in [4.69, 9.17) is 0 Å². The topological polar surface area (TPSA) is 71.8 Å². The molecule has 166 valence electrons. The van der Waals surface area contributed by atoms with Gasteiger partial charge in [-0.1, -0.05) is 60.3 Å². The number of aromatic nitrogens is 3. The zero-order chi connectivity index (χ0) is 22.9. The molecule has 2 atom stereocenters. The van der Waals surface area contributed by atoms with E-state index in [1.165, 1.54) is 23.9 Å². The fraction of sp³-hybridized carbons (Fsp3) is 0.160. The summed E-state index contributed by atoms with van der Waals surface area (Å²) in [5, 5.41) is 11.7. The maximum atomic E-state index is 13.6. The predicted octanol–water partition coefficient (Wildman–Crippen LogP) is 5.10. The molecular weight excluding hydrogens is 437 g/mol. The van der Waals surface area contributed by atoms with Gasteiger partial charge in [-0.3, -0.25) is 4.79 Å². The number of nitrogens with one attached hydrogen (secondary N) is 2. The first-order chi connectivity index (χ1) is 16.0. The summed E-state index contributed by atoms with van der Waals surface area (Å²) in [6.07, 6.45) is 0. The zero-order valence-electron chi connectivity index (χ0n) is 18.1. The summed E-state index contributed by atoms with van der Waals surface area (Å²) >= 11 is 1.34. The van der Waals surface area contributed by atoms with Crippen molar-refractivity contribution in [1.29, 1.82) is 0 Å². The molecule has 5 rings (SSSR count). The smallest absolute Gasteiger partial charge is 0.240 e. The number of aryl methyl sites for hydroxylation is 2. The number of benzene rings is 3. The summed E-state index contributed by atoms with van der Waals surface area (Å²) in [6, 6.07) is 21.3. The Kier molecular flexibility index (Phi) is 5.60. The lowest BCUT2D eigenvalue weighted by Crippen LogP contribution is -2.41. The van der Waals surface area contributed by atoms with E-state index in [0.717, 1.165) is 27.9 Å². The molecule has 1 aliphatic heterocycles. The lowest BCUT2D eigenvalue weighted by molar-refractivity contribution is -0.116. The van der Waals surface area contributed by atoms with Gasteiger partial charge in [-0.15, -0.1) is 10.2 Å². The van der Waals surface area contributed by atoms with E-state index in [0.29, 0.717) is 11.0 Å². The second kappa shape index (κ2) is 8.71. The summed E-state index contributed by atoms with van der Waals surface area (Å²) in [6.45, 7) is 4.04. The number of thioether (sulfide) groups is 1. The molecule has 1 aliphatic rings. The average molecular weight is 460 g/mol. The van der Waals surface area contributed by atoms with Crippen molar-refractivity contribution in [2.24, 2.45) is 0 Å². The van der Waals surface area contributed by atoms with E-state index in [1.807, 2.05) is 62.4 Å². The molecule has 0 fully saturated rings.